The molecular weight excluding hydrogens is 375 g/mol. The van der Waals surface area contributed by atoms with Gasteiger partial charge in [-0.05, 0) is 35.7 Å². The van der Waals surface area contributed by atoms with E-state index in [2.05, 4.69) is 31.9 Å². The van der Waals surface area contributed by atoms with E-state index in [0.717, 1.165) is 21.2 Å². The minimum Gasteiger partial charge on any atom is -0.494 e. The lowest BCUT2D eigenvalue weighted by molar-refractivity contribution is 0.386. The Morgan fingerprint density at radius 3 is 2.58 bits per heavy atom. The third-order valence-corrected chi connectivity index (χ3v) is 5.07. The van der Waals surface area contributed by atoms with E-state index < -0.39 is 0 Å². The number of hydrogen-bond acceptors (Lipinski definition) is 1. The van der Waals surface area contributed by atoms with Crippen LogP contribution in [-0.4, -0.2) is 7.11 Å². The molecule has 1 unspecified atom stereocenters. The summed E-state index contributed by atoms with van der Waals surface area (Å²) in [5.41, 5.74) is 3.07. The number of hydrogen-bond donors (Lipinski definition) is 0. The van der Waals surface area contributed by atoms with Crippen LogP contribution in [-0.2, 0) is 0 Å². The topological polar surface area (TPSA) is 9.23 Å². The normalized spacial score (nSPS) is 12.3. The molecule has 0 aromatic heterocycles. The van der Waals surface area contributed by atoms with Crippen LogP contribution in [0.5, 0.6) is 5.75 Å². The molecule has 0 saturated heterocycles. The van der Waals surface area contributed by atoms with Gasteiger partial charge >= 0.3 is 0 Å². The summed E-state index contributed by atoms with van der Waals surface area (Å²) in [5.74, 6) is -0.0972. The predicted molar refractivity (Wildman–Crippen MR) is 82.6 cm³/mol. The Bertz CT molecular complexity index is 599. The lowest BCUT2D eigenvalue weighted by Gasteiger charge is -2.15. The van der Waals surface area contributed by atoms with E-state index in [1.807, 2.05) is 31.2 Å². The van der Waals surface area contributed by atoms with Crippen molar-refractivity contribution in [1.82, 2.24) is 0 Å². The first-order chi connectivity index (χ1) is 9.04. The number of aryl methyl sites for hydroxylation is 1. The van der Waals surface area contributed by atoms with Crippen molar-refractivity contribution in [2.75, 3.05) is 7.11 Å². The van der Waals surface area contributed by atoms with Gasteiger partial charge in [0.2, 0.25) is 0 Å². The van der Waals surface area contributed by atoms with Crippen LogP contribution in [0.2, 0.25) is 0 Å². The summed E-state index contributed by atoms with van der Waals surface area (Å²) >= 11 is 7.20. The van der Waals surface area contributed by atoms with Crippen molar-refractivity contribution in [3.05, 3.63) is 63.4 Å². The first kappa shape index (κ1) is 14.5. The number of alkyl halides is 1. The molecule has 0 aliphatic carbocycles. The van der Waals surface area contributed by atoms with E-state index in [1.54, 1.807) is 6.07 Å². The van der Waals surface area contributed by atoms with Crippen LogP contribution in [0.3, 0.4) is 0 Å². The predicted octanol–water partition coefficient (Wildman–Crippen LogP) is 5.39. The van der Waals surface area contributed by atoms with Crippen molar-refractivity contribution in [1.29, 1.82) is 0 Å². The maximum Gasteiger partial charge on any atom is 0.165 e. The molecule has 2 rings (SSSR count). The van der Waals surface area contributed by atoms with Gasteiger partial charge in [-0.15, -0.1) is 0 Å². The molecule has 2 aromatic carbocycles. The molecule has 0 spiro atoms. The molecule has 0 heterocycles. The molecule has 0 aliphatic rings. The summed E-state index contributed by atoms with van der Waals surface area (Å²) < 4.78 is 19.7. The standard InChI is InChI=1S/C15H13Br2FO/c1-9-4-3-5-11(14(9)16)15(17)10-6-7-13(19-2)12(18)8-10/h3-8,15H,1-2H3. The molecule has 0 radical (unpaired) electrons. The van der Waals surface area contributed by atoms with E-state index in [-0.39, 0.29) is 16.4 Å². The van der Waals surface area contributed by atoms with Crippen molar-refractivity contribution >= 4 is 31.9 Å². The van der Waals surface area contributed by atoms with Gasteiger partial charge in [0, 0.05) is 4.47 Å². The lowest BCUT2D eigenvalue weighted by Crippen LogP contribution is -1.97. The fraction of sp³-hybridized carbons (Fsp3) is 0.200. The first-order valence-corrected chi connectivity index (χ1v) is 7.48. The average Bonchev–Trinajstić information content (AvgIpc) is 2.41. The van der Waals surface area contributed by atoms with Crippen molar-refractivity contribution in [2.45, 2.75) is 11.8 Å². The maximum atomic E-state index is 13.7. The van der Waals surface area contributed by atoms with Gasteiger partial charge in [0.05, 0.1) is 11.9 Å². The second-order valence-electron chi connectivity index (χ2n) is 4.23. The van der Waals surface area contributed by atoms with Crippen LogP contribution in [0.4, 0.5) is 4.39 Å². The number of halogens is 3. The maximum absolute atomic E-state index is 13.7. The van der Waals surface area contributed by atoms with Gasteiger partial charge in [0.1, 0.15) is 0 Å². The Balaban J connectivity index is 2.41. The fourth-order valence-corrected chi connectivity index (χ4v) is 3.35. The Kier molecular flexibility index (Phi) is 4.63. The lowest BCUT2D eigenvalue weighted by atomic mass is 10.0. The first-order valence-electron chi connectivity index (χ1n) is 5.77. The summed E-state index contributed by atoms with van der Waals surface area (Å²) in [5, 5.41) is 0. The highest BCUT2D eigenvalue weighted by atomic mass is 79.9. The van der Waals surface area contributed by atoms with Crippen LogP contribution in [0.25, 0.3) is 0 Å². The molecule has 0 amide bonds. The number of rotatable bonds is 3. The summed E-state index contributed by atoms with van der Waals surface area (Å²) in [6.07, 6.45) is 0. The highest BCUT2D eigenvalue weighted by molar-refractivity contribution is 9.11. The van der Waals surface area contributed by atoms with Gasteiger partial charge in [0.15, 0.2) is 11.6 Å². The van der Waals surface area contributed by atoms with Gasteiger partial charge < -0.3 is 4.74 Å². The quantitative estimate of drug-likeness (QED) is 0.641. The Hall–Kier alpha value is -0.870. The van der Waals surface area contributed by atoms with Crippen LogP contribution in [0, 0.1) is 12.7 Å². The van der Waals surface area contributed by atoms with Gasteiger partial charge in [-0.3, -0.25) is 0 Å². The van der Waals surface area contributed by atoms with Crippen molar-refractivity contribution < 1.29 is 9.13 Å². The minimum atomic E-state index is -0.353. The summed E-state index contributed by atoms with van der Waals surface area (Å²) in [6, 6.07) is 11.0. The van der Waals surface area contributed by atoms with Crippen LogP contribution in [0.1, 0.15) is 21.5 Å². The largest absolute Gasteiger partial charge is 0.494 e. The molecular formula is C15H13Br2FO. The highest BCUT2D eigenvalue weighted by Gasteiger charge is 2.16. The smallest absolute Gasteiger partial charge is 0.165 e. The monoisotopic (exact) mass is 386 g/mol. The molecule has 1 nitrogen and oxygen atoms in total. The van der Waals surface area contributed by atoms with E-state index in [9.17, 15) is 4.39 Å². The molecule has 4 heteroatoms. The van der Waals surface area contributed by atoms with E-state index >= 15 is 0 Å². The zero-order chi connectivity index (χ0) is 14.0. The molecule has 0 N–H and O–H groups in total. The Morgan fingerprint density at radius 2 is 1.95 bits per heavy atom. The van der Waals surface area contributed by atoms with Gasteiger partial charge in [0.25, 0.3) is 0 Å². The molecule has 1 atom stereocenters. The van der Waals surface area contributed by atoms with Crippen LogP contribution in [0.15, 0.2) is 40.9 Å². The molecule has 0 fully saturated rings. The molecule has 0 saturated carbocycles. The van der Waals surface area contributed by atoms with Gasteiger partial charge in [-0.25, -0.2) is 4.39 Å². The van der Waals surface area contributed by atoms with Crippen molar-refractivity contribution in [2.24, 2.45) is 0 Å². The number of methoxy groups -OCH3 is 1. The second-order valence-corrected chi connectivity index (χ2v) is 5.94. The van der Waals surface area contributed by atoms with Crippen molar-refractivity contribution in [3.63, 3.8) is 0 Å². The van der Waals surface area contributed by atoms with E-state index in [1.165, 1.54) is 13.2 Å². The number of benzene rings is 2. The molecule has 0 aliphatic heterocycles. The molecule has 2 aromatic rings. The summed E-state index contributed by atoms with van der Waals surface area (Å²) in [7, 11) is 1.46. The summed E-state index contributed by atoms with van der Waals surface area (Å²) in [6.45, 7) is 2.03. The second kappa shape index (κ2) is 6.06. The zero-order valence-corrected chi connectivity index (χ0v) is 13.8. The third-order valence-electron chi connectivity index (χ3n) is 2.96. The SMILES string of the molecule is COc1ccc(C(Br)c2cccc(C)c2Br)cc1F. The zero-order valence-electron chi connectivity index (χ0n) is 10.6. The fourth-order valence-electron chi connectivity index (χ4n) is 1.89. The van der Waals surface area contributed by atoms with Gasteiger partial charge in [-0.2, -0.15) is 0 Å². The third kappa shape index (κ3) is 3.00. The molecule has 100 valence electrons. The molecule has 0 bridgehead atoms. The minimum absolute atomic E-state index is 0.0674. The Labute approximate surface area is 129 Å². The number of ether oxygens (including phenoxy) is 1. The van der Waals surface area contributed by atoms with Gasteiger partial charge in [-0.1, -0.05) is 56.1 Å². The average molecular weight is 388 g/mol. The summed E-state index contributed by atoms with van der Waals surface area (Å²) in [4.78, 5) is -0.0674. The van der Waals surface area contributed by atoms with Crippen molar-refractivity contribution in [3.8, 4) is 5.75 Å². The highest BCUT2D eigenvalue weighted by Crippen LogP contribution is 2.37. The Morgan fingerprint density at radius 1 is 1.21 bits per heavy atom. The van der Waals surface area contributed by atoms with E-state index in [4.69, 9.17) is 4.74 Å². The van der Waals surface area contributed by atoms with Crippen LogP contribution >= 0.6 is 31.9 Å². The molecule has 19 heavy (non-hydrogen) atoms. The van der Waals surface area contributed by atoms with Crippen LogP contribution < -0.4 is 4.74 Å². The van der Waals surface area contributed by atoms with E-state index in [0.29, 0.717) is 0 Å².